The molecule has 4 nitrogen and oxygen atoms in total. The van der Waals surface area contributed by atoms with Crippen molar-refractivity contribution < 1.29 is 0 Å². The molecule has 1 fully saturated rings. The molecule has 20 heavy (non-hydrogen) atoms. The Balaban J connectivity index is 2.63. The van der Waals surface area contributed by atoms with Crippen LogP contribution in [0.5, 0.6) is 0 Å². The normalized spacial score (nSPS) is 35.0. The van der Waals surface area contributed by atoms with E-state index < -0.39 is 22.7 Å². The molecule has 0 heterocycles. The highest BCUT2D eigenvalue weighted by molar-refractivity contribution is 5.49. The van der Waals surface area contributed by atoms with E-state index in [1.807, 2.05) is 49.4 Å². The number of hydrogen-bond acceptors (Lipinski definition) is 4. The molecule has 0 aromatic rings. The van der Waals surface area contributed by atoms with Crippen molar-refractivity contribution in [3.63, 3.8) is 0 Å². The van der Waals surface area contributed by atoms with Crippen LogP contribution in [-0.2, 0) is 0 Å². The van der Waals surface area contributed by atoms with E-state index >= 15 is 0 Å². The molecule has 0 aromatic carbocycles. The third-order valence-corrected chi connectivity index (χ3v) is 4.18. The second-order valence-corrected chi connectivity index (χ2v) is 5.13. The van der Waals surface area contributed by atoms with Gasteiger partial charge in [0.05, 0.1) is 24.3 Å². The van der Waals surface area contributed by atoms with Gasteiger partial charge in [-0.15, -0.1) is 0 Å². The van der Waals surface area contributed by atoms with Gasteiger partial charge in [-0.3, -0.25) is 0 Å². The molecule has 2 aliphatic rings. The van der Waals surface area contributed by atoms with Gasteiger partial charge in [-0.25, -0.2) is 0 Å². The lowest BCUT2D eigenvalue weighted by atomic mass is 9.39. The first kappa shape index (κ1) is 13.6. The molecular formula is C16H12N4. The number of allylic oxidation sites excluding steroid dienone is 6. The van der Waals surface area contributed by atoms with Crippen LogP contribution in [0.1, 0.15) is 6.92 Å². The van der Waals surface area contributed by atoms with E-state index in [1.54, 1.807) is 18.2 Å². The number of nitrogens with zero attached hydrogens (tertiary/aromatic N) is 4. The molecule has 1 saturated carbocycles. The summed E-state index contributed by atoms with van der Waals surface area (Å²) in [4.78, 5) is 0. The summed E-state index contributed by atoms with van der Waals surface area (Å²) in [6.45, 7) is 1.99. The van der Waals surface area contributed by atoms with Crippen LogP contribution in [0.25, 0.3) is 0 Å². The lowest BCUT2D eigenvalue weighted by Crippen LogP contribution is -2.62. The van der Waals surface area contributed by atoms with Crippen molar-refractivity contribution in [1.82, 2.24) is 0 Å². The average Bonchev–Trinajstić information content (AvgIpc) is 2.54. The van der Waals surface area contributed by atoms with Crippen molar-refractivity contribution in [2.24, 2.45) is 28.6 Å². The highest BCUT2D eigenvalue weighted by Gasteiger charge is 2.74. The predicted octanol–water partition coefficient (Wildman–Crippen LogP) is 2.62. The smallest absolute Gasteiger partial charge is 0.182 e. The SMILES string of the molecule is C[C@H]1C=C[C@H]2[C@@H](/C=C\C=C/1)C(C#N)(C#N)C2(C#N)C#N. The van der Waals surface area contributed by atoms with Crippen LogP contribution < -0.4 is 0 Å². The summed E-state index contributed by atoms with van der Waals surface area (Å²) in [6.07, 6.45) is 11.1. The van der Waals surface area contributed by atoms with Crippen LogP contribution in [-0.4, -0.2) is 0 Å². The van der Waals surface area contributed by atoms with Gasteiger partial charge in [-0.2, -0.15) is 21.0 Å². The summed E-state index contributed by atoms with van der Waals surface area (Å²) in [7, 11) is 0. The zero-order valence-corrected chi connectivity index (χ0v) is 11.0. The van der Waals surface area contributed by atoms with Gasteiger partial charge in [0, 0.05) is 11.8 Å². The van der Waals surface area contributed by atoms with Crippen LogP contribution in [0.2, 0.25) is 0 Å². The van der Waals surface area contributed by atoms with E-state index in [-0.39, 0.29) is 5.92 Å². The van der Waals surface area contributed by atoms with Crippen LogP contribution in [0, 0.1) is 73.9 Å². The minimum atomic E-state index is -1.61. The molecule has 0 aliphatic heterocycles. The standard InChI is InChI=1S/C16H12N4/c1-12-4-2-3-5-13-14(7-6-12)16(10-19,11-20)15(13,8-17)9-18/h2-7,12-14H,1H3/b4-2-,5-3-,7-6?/t12-,13-,14+/m1/s1. The Labute approximate surface area is 118 Å². The van der Waals surface area contributed by atoms with E-state index in [4.69, 9.17) is 0 Å². The van der Waals surface area contributed by atoms with Gasteiger partial charge in [0.1, 0.15) is 0 Å². The summed E-state index contributed by atoms with van der Waals surface area (Å²) in [5, 5.41) is 37.7. The predicted molar refractivity (Wildman–Crippen MR) is 70.9 cm³/mol. The Morgan fingerprint density at radius 1 is 0.700 bits per heavy atom. The summed E-state index contributed by atoms with van der Waals surface area (Å²) >= 11 is 0. The van der Waals surface area contributed by atoms with E-state index in [9.17, 15) is 21.0 Å². The topological polar surface area (TPSA) is 95.2 Å². The molecule has 96 valence electrons. The largest absolute Gasteiger partial charge is 0.196 e. The fourth-order valence-electron chi connectivity index (χ4n) is 2.98. The number of hydrogen-bond donors (Lipinski definition) is 0. The van der Waals surface area contributed by atoms with E-state index in [0.717, 1.165) is 0 Å². The van der Waals surface area contributed by atoms with Crippen molar-refractivity contribution in [2.45, 2.75) is 6.92 Å². The highest BCUT2D eigenvalue weighted by Crippen LogP contribution is 2.65. The lowest BCUT2D eigenvalue weighted by Gasteiger charge is -2.53. The molecule has 0 spiro atoms. The molecule has 4 heteroatoms. The third kappa shape index (κ3) is 1.43. The van der Waals surface area contributed by atoms with Crippen molar-refractivity contribution in [3.8, 4) is 24.3 Å². The first-order chi connectivity index (χ1) is 9.61. The molecule has 2 aliphatic carbocycles. The van der Waals surface area contributed by atoms with Gasteiger partial charge >= 0.3 is 0 Å². The van der Waals surface area contributed by atoms with Gasteiger partial charge in [-0.05, 0) is 5.92 Å². The first-order valence-electron chi connectivity index (χ1n) is 6.30. The highest BCUT2D eigenvalue weighted by atomic mass is 14.7. The lowest BCUT2D eigenvalue weighted by molar-refractivity contribution is 0.00673. The van der Waals surface area contributed by atoms with Crippen LogP contribution >= 0.6 is 0 Å². The van der Waals surface area contributed by atoms with Crippen molar-refractivity contribution in [1.29, 1.82) is 21.0 Å². The Morgan fingerprint density at radius 3 is 1.65 bits per heavy atom. The Bertz CT molecular complexity index is 641. The van der Waals surface area contributed by atoms with Crippen LogP contribution in [0.3, 0.4) is 0 Å². The van der Waals surface area contributed by atoms with Crippen LogP contribution in [0.15, 0.2) is 36.5 Å². The van der Waals surface area contributed by atoms with E-state index in [1.165, 1.54) is 0 Å². The molecule has 0 radical (unpaired) electrons. The van der Waals surface area contributed by atoms with Crippen LogP contribution in [0.4, 0.5) is 0 Å². The molecule has 0 amide bonds. The zero-order chi connectivity index (χ0) is 14.8. The van der Waals surface area contributed by atoms with Gasteiger partial charge in [0.2, 0.25) is 0 Å². The average molecular weight is 260 g/mol. The Hall–Kier alpha value is -2.82. The molecule has 0 aromatic heterocycles. The number of nitriles is 4. The molecule has 0 N–H and O–H groups in total. The maximum Gasteiger partial charge on any atom is 0.182 e. The maximum atomic E-state index is 9.42. The molecule has 0 unspecified atom stereocenters. The van der Waals surface area contributed by atoms with Gasteiger partial charge in [-0.1, -0.05) is 43.4 Å². The maximum absolute atomic E-state index is 9.42. The van der Waals surface area contributed by atoms with Crippen molar-refractivity contribution in [2.75, 3.05) is 0 Å². The number of rotatable bonds is 0. The van der Waals surface area contributed by atoms with Gasteiger partial charge < -0.3 is 0 Å². The third-order valence-electron chi connectivity index (χ3n) is 4.18. The fourth-order valence-corrected chi connectivity index (χ4v) is 2.98. The Kier molecular flexibility index (Phi) is 3.19. The molecule has 0 saturated heterocycles. The minimum absolute atomic E-state index is 0.174. The minimum Gasteiger partial charge on any atom is -0.196 e. The monoisotopic (exact) mass is 260 g/mol. The fraction of sp³-hybridized carbons (Fsp3) is 0.375. The van der Waals surface area contributed by atoms with E-state index in [2.05, 4.69) is 0 Å². The van der Waals surface area contributed by atoms with Gasteiger partial charge in [0.25, 0.3) is 0 Å². The molecular weight excluding hydrogens is 248 g/mol. The second-order valence-electron chi connectivity index (χ2n) is 5.13. The number of fused-ring (bicyclic) bond motifs is 1. The van der Waals surface area contributed by atoms with Crippen molar-refractivity contribution >= 4 is 0 Å². The van der Waals surface area contributed by atoms with Gasteiger partial charge in [0.15, 0.2) is 10.8 Å². The van der Waals surface area contributed by atoms with Crippen molar-refractivity contribution in [3.05, 3.63) is 36.5 Å². The molecule has 0 bridgehead atoms. The quantitative estimate of drug-likeness (QED) is 0.625. The first-order valence-corrected chi connectivity index (χ1v) is 6.30. The zero-order valence-electron chi connectivity index (χ0n) is 11.0. The Morgan fingerprint density at radius 2 is 1.15 bits per heavy atom. The van der Waals surface area contributed by atoms with E-state index in [0.29, 0.717) is 0 Å². The molecule has 2 rings (SSSR count). The summed E-state index contributed by atoms with van der Waals surface area (Å²) < 4.78 is 0. The molecule has 3 atom stereocenters. The summed E-state index contributed by atoms with van der Waals surface area (Å²) in [5.74, 6) is -0.703. The summed E-state index contributed by atoms with van der Waals surface area (Å²) in [6, 6.07) is 7.70. The summed E-state index contributed by atoms with van der Waals surface area (Å²) in [5.41, 5.74) is -3.21. The second kappa shape index (κ2) is 4.70.